The van der Waals surface area contributed by atoms with Crippen LogP contribution in [-0.2, 0) is 0 Å². The zero-order chi connectivity index (χ0) is 10.3. The molecule has 0 aromatic carbocycles. The molecule has 14 heavy (non-hydrogen) atoms. The molecule has 0 amide bonds. The Bertz CT molecular complexity index is 339. The number of nitrogens with one attached hydrogen (secondary N) is 1. The molecule has 1 aromatic heterocycles. The summed E-state index contributed by atoms with van der Waals surface area (Å²) in [5, 5.41) is 15.8. The average Bonchev–Trinajstić information content (AvgIpc) is 2.51. The molecule has 0 bridgehead atoms. The van der Waals surface area contributed by atoms with E-state index in [4.69, 9.17) is 0 Å². The van der Waals surface area contributed by atoms with Gasteiger partial charge in [-0.25, -0.2) is 4.98 Å². The zero-order valence-corrected chi connectivity index (χ0v) is 10.5. The SMILES string of the molecule is CC1(C)C(O)CC1Nc1nc(Br)cs1. The van der Waals surface area contributed by atoms with Gasteiger partial charge in [0, 0.05) is 16.8 Å². The summed E-state index contributed by atoms with van der Waals surface area (Å²) in [6.45, 7) is 4.14. The largest absolute Gasteiger partial charge is 0.392 e. The van der Waals surface area contributed by atoms with Crippen LogP contribution in [0.5, 0.6) is 0 Å². The number of thiazole rings is 1. The minimum atomic E-state index is -0.191. The number of anilines is 1. The number of aromatic nitrogens is 1. The van der Waals surface area contributed by atoms with Crippen LogP contribution >= 0.6 is 27.3 Å². The van der Waals surface area contributed by atoms with Crippen molar-refractivity contribution in [2.75, 3.05) is 5.32 Å². The Kier molecular flexibility index (Phi) is 2.57. The Labute approximate surface area is 95.7 Å². The average molecular weight is 277 g/mol. The highest BCUT2D eigenvalue weighted by Gasteiger charge is 2.47. The molecule has 1 aromatic rings. The van der Waals surface area contributed by atoms with Crippen LogP contribution < -0.4 is 5.32 Å². The Morgan fingerprint density at radius 1 is 1.71 bits per heavy atom. The topological polar surface area (TPSA) is 45.1 Å². The number of nitrogens with zero attached hydrogens (tertiary/aromatic N) is 1. The fraction of sp³-hybridized carbons (Fsp3) is 0.667. The summed E-state index contributed by atoms with van der Waals surface area (Å²) >= 11 is 4.89. The smallest absolute Gasteiger partial charge is 0.183 e. The molecule has 78 valence electrons. The van der Waals surface area contributed by atoms with Gasteiger partial charge in [-0.1, -0.05) is 13.8 Å². The quantitative estimate of drug-likeness (QED) is 0.873. The molecule has 0 saturated heterocycles. The van der Waals surface area contributed by atoms with Crippen LogP contribution in [0.4, 0.5) is 5.13 Å². The lowest BCUT2D eigenvalue weighted by molar-refractivity contribution is -0.0510. The number of hydrogen-bond acceptors (Lipinski definition) is 4. The predicted molar refractivity (Wildman–Crippen MR) is 61.6 cm³/mol. The van der Waals surface area contributed by atoms with Crippen LogP contribution in [0, 0.1) is 5.41 Å². The lowest BCUT2D eigenvalue weighted by atomic mass is 9.65. The van der Waals surface area contributed by atoms with E-state index >= 15 is 0 Å². The molecule has 2 atom stereocenters. The maximum Gasteiger partial charge on any atom is 0.183 e. The number of rotatable bonds is 2. The molecule has 2 rings (SSSR count). The molecule has 1 aliphatic carbocycles. The minimum Gasteiger partial charge on any atom is -0.392 e. The van der Waals surface area contributed by atoms with Crippen molar-refractivity contribution >= 4 is 32.4 Å². The summed E-state index contributed by atoms with van der Waals surface area (Å²) in [6, 6.07) is 0.329. The summed E-state index contributed by atoms with van der Waals surface area (Å²) in [6.07, 6.45) is 0.618. The van der Waals surface area contributed by atoms with Gasteiger partial charge in [0.15, 0.2) is 5.13 Å². The molecular weight excluding hydrogens is 264 g/mol. The van der Waals surface area contributed by atoms with Crippen molar-refractivity contribution in [3.05, 3.63) is 9.98 Å². The highest BCUT2D eigenvalue weighted by atomic mass is 79.9. The summed E-state index contributed by atoms with van der Waals surface area (Å²) in [7, 11) is 0. The van der Waals surface area contributed by atoms with Crippen molar-refractivity contribution in [1.29, 1.82) is 0 Å². The standard InChI is InChI=1S/C9H13BrN2OS/c1-9(2)5(3-6(9)13)11-8-12-7(10)4-14-8/h4-6,13H,3H2,1-2H3,(H,11,12). The monoisotopic (exact) mass is 276 g/mol. The van der Waals surface area contributed by atoms with Crippen molar-refractivity contribution < 1.29 is 5.11 Å². The van der Waals surface area contributed by atoms with E-state index in [0.29, 0.717) is 6.04 Å². The van der Waals surface area contributed by atoms with Crippen LogP contribution in [0.15, 0.2) is 9.98 Å². The van der Waals surface area contributed by atoms with Gasteiger partial charge in [-0.2, -0.15) is 0 Å². The lowest BCUT2D eigenvalue weighted by Crippen LogP contribution is -2.56. The fourth-order valence-electron chi connectivity index (χ4n) is 1.62. The Morgan fingerprint density at radius 3 is 2.86 bits per heavy atom. The second-order valence-corrected chi connectivity index (χ2v) is 5.92. The van der Waals surface area contributed by atoms with Gasteiger partial charge in [-0.3, -0.25) is 0 Å². The van der Waals surface area contributed by atoms with Crippen LogP contribution in [0.1, 0.15) is 20.3 Å². The van der Waals surface area contributed by atoms with Crippen molar-refractivity contribution in [2.45, 2.75) is 32.4 Å². The third-order valence-corrected chi connectivity index (χ3v) is 4.47. The van der Waals surface area contributed by atoms with Gasteiger partial charge in [-0.15, -0.1) is 11.3 Å². The molecular formula is C9H13BrN2OS. The lowest BCUT2D eigenvalue weighted by Gasteiger charge is -2.49. The van der Waals surface area contributed by atoms with Gasteiger partial charge >= 0.3 is 0 Å². The second kappa shape index (κ2) is 3.47. The molecule has 2 unspecified atom stereocenters. The number of hydrogen-bond donors (Lipinski definition) is 2. The van der Waals surface area contributed by atoms with Gasteiger partial charge < -0.3 is 10.4 Å². The molecule has 1 fully saturated rings. The normalized spacial score (nSPS) is 29.7. The Hall–Kier alpha value is -0.130. The van der Waals surface area contributed by atoms with Crippen LogP contribution in [-0.4, -0.2) is 22.2 Å². The molecule has 1 saturated carbocycles. The van der Waals surface area contributed by atoms with Crippen LogP contribution in [0.2, 0.25) is 0 Å². The summed E-state index contributed by atoms with van der Waals surface area (Å²) in [4.78, 5) is 4.27. The molecule has 3 nitrogen and oxygen atoms in total. The molecule has 1 heterocycles. The van der Waals surface area contributed by atoms with Gasteiger partial charge in [0.2, 0.25) is 0 Å². The van der Waals surface area contributed by atoms with E-state index < -0.39 is 0 Å². The summed E-state index contributed by atoms with van der Waals surface area (Å²) < 4.78 is 0.864. The van der Waals surface area contributed by atoms with Crippen molar-refractivity contribution in [3.63, 3.8) is 0 Å². The van der Waals surface area contributed by atoms with Gasteiger partial charge in [0.25, 0.3) is 0 Å². The van der Waals surface area contributed by atoms with E-state index in [1.807, 2.05) is 5.38 Å². The molecule has 5 heteroatoms. The molecule has 2 N–H and O–H groups in total. The molecule has 0 aliphatic heterocycles. The van der Waals surface area contributed by atoms with E-state index in [1.54, 1.807) is 11.3 Å². The van der Waals surface area contributed by atoms with E-state index in [1.165, 1.54) is 0 Å². The van der Waals surface area contributed by atoms with Gasteiger partial charge in [-0.05, 0) is 22.4 Å². The molecule has 1 aliphatic rings. The predicted octanol–water partition coefficient (Wildman–Crippen LogP) is 2.48. The first-order valence-corrected chi connectivity index (χ1v) is 6.23. The summed E-state index contributed by atoms with van der Waals surface area (Å²) in [5.74, 6) is 0. The first-order valence-electron chi connectivity index (χ1n) is 4.56. The first-order chi connectivity index (χ1) is 6.50. The minimum absolute atomic E-state index is 0.0435. The zero-order valence-electron chi connectivity index (χ0n) is 8.12. The first kappa shape index (κ1) is 10.4. The maximum atomic E-state index is 9.56. The molecule has 0 radical (unpaired) electrons. The third-order valence-electron chi connectivity index (χ3n) is 2.99. The fourth-order valence-corrected chi connectivity index (χ4v) is 2.81. The van der Waals surface area contributed by atoms with Crippen molar-refractivity contribution in [1.82, 2.24) is 4.98 Å². The van der Waals surface area contributed by atoms with Gasteiger partial charge in [0.05, 0.1) is 6.10 Å². The Balaban J connectivity index is 2.00. The van der Waals surface area contributed by atoms with E-state index in [2.05, 4.69) is 40.1 Å². The molecule has 0 spiro atoms. The second-order valence-electron chi connectivity index (χ2n) is 4.25. The van der Waals surface area contributed by atoms with Crippen LogP contribution in [0.25, 0.3) is 0 Å². The number of aliphatic hydroxyl groups excluding tert-OH is 1. The third kappa shape index (κ3) is 1.68. The van der Waals surface area contributed by atoms with Crippen molar-refractivity contribution in [3.8, 4) is 0 Å². The Morgan fingerprint density at radius 2 is 2.43 bits per heavy atom. The highest BCUT2D eigenvalue weighted by Crippen LogP contribution is 2.42. The van der Waals surface area contributed by atoms with E-state index in [9.17, 15) is 5.11 Å². The van der Waals surface area contributed by atoms with E-state index in [-0.39, 0.29) is 11.5 Å². The highest BCUT2D eigenvalue weighted by molar-refractivity contribution is 9.10. The number of aliphatic hydroxyl groups is 1. The number of halogens is 1. The van der Waals surface area contributed by atoms with Crippen molar-refractivity contribution in [2.24, 2.45) is 5.41 Å². The van der Waals surface area contributed by atoms with E-state index in [0.717, 1.165) is 16.2 Å². The maximum absolute atomic E-state index is 9.56. The van der Waals surface area contributed by atoms with Gasteiger partial charge in [0.1, 0.15) is 4.60 Å². The van der Waals surface area contributed by atoms with Crippen LogP contribution in [0.3, 0.4) is 0 Å². The summed E-state index contributed by atoms with van der Waals surface area (Å²) in [5.41, 5.74) is -0.0435.